The van der Waals surface area contributed by atoms with E-state index >= 15 is 0 Å². The first-order chi connectivity index (χ1) is 14.5. The molecule has 1 aliphatic heterocycles. The zero-order valence-corrected chi connectivity index (χ0v) is 18.2. The van der Waals surface area contributed by atoms with Crippen molar-refractivity contribution in [3.63, 3.8) is 0 Å². The molecule has 2 aromatic heterocycles. The van der Waals surface area contributed by atoms with Crippen LogP contribution in [0.1, 0.15) is 44.5 Å². The zero-order chi connectivity index (χ0) is 21.1. The number of nitrogens with zero attached hydrogens (tertiary/aromatic N) is 4. The maximum Gasteiger partial charge on any atom is 0.263 e. The molecule has 1 N–H and O–H groups in total. The summed E-state index contributed by atoms with van der Waals surface area (Å²) in [7, 11) is 1.87. The first-order valence-electron chi connectivity index (χ1n) is 10.0. The number of thiazole rings is 1. The highest BCUT2D eigenvalue weighted by atomic mass is 32.1. The summed E-state index contributed by atoms with van der Waals surface area (Å²) < 4.78 is 7.10. The maximum atomic E-state index is 12.7. The first kappa shape index (κ1) is 20.4. The molecule has 0 aliphatic carbocycles. The van der Waals surface area contributed by atoms with Gasteiger partial charge in [0.2, 0.25) is 0 Å². The van der Waals surface area contributed by atoms with E-state index < -0.39 is 0 Å². The third-order valence-electron chi connectivity index (χ3n) is 5.15. The molecule has 0 radical (unpaired) electrons. The Bertz CT molecular complexity index is 1060. The summed E-state index contributed by atoms with van der Waals surface area (Å²) in [5, 5.41) is 12.4. The summed E-state index contributed by atoms with van der Waals surface area (Å²) in [5.41, 5.74) is 4.66. The molecule has 1 aromatic carbocycles. The van der Waals surface area contributed by atoms with Crippen LogP contribution in [-0.2, 0) is 11.8 Å². The number of rotatable bonds is 5. The van der Waals surface area contributed by atoms with Crippen LogP contribution in [0.2, 0.25) is 0 Å². The van der Waals surface area contributed by atoms with E-state index in [1.54, 1.807) is 4.68 Å². The highest BCUT2D eigenvalue weighted by Crippen LogP contribution is 2.25. The van der Waals surface area contributed by atoms with Crippen molar-refractivity contribution in [3.8, 4) is 11.3 Å². The molecule has 0 atom stereocenters. The fourth-order valence-corrected chi connectivity index (χ4v) is 4.28. The van der Waals surface area contributed by atoms with Crippen molar-refractivity contribution in [1.29, 1.82) is 0 Å². The molecular weight excluding hydrogens is 398 g/mol. The summed E-state index contributed by atoms with van der Waals surface area (Å²) in [5.74, 6) is -0.0564. The van der Waals surface area contributed by atoms with Gasteiger partial charge in [-0.2, -0.15) is 0 Å². The second-order valence-corrected chi connectivity index (χ2v) is 8.50. The highest BCUT2D eigenvalue weighted by Gasteiger charge is 2.20. The van der Waals surface area contributed by atoms with Crippen molar-refractivity contribution < 1.29 is 9.53 Å². The van der Waals surface area contributed by atoms with Crippen molar-refractivity contribution in [1.82, 2.24) is 25.3 Å². The lowest BCUT2D eigenvalue weighted by Crippen LogP contribution is -2.38. The number of nitrogens with one attached hydrogen (secondary N) is 1. The Morgan fingerprint density at radius 1 is 1.20 bits per heavy atom. The van der Waals surface area contributed by atoms with E-state index in [2.05, 4.69) is 39.7 Å². The number of hydrogen-bond acceptors (Lipinski definition) is 6. The molecule has 8 heteroatoms. The van der Waals surface area contributed by atoms with Gasteiger partial charge in [-0.15, -0.1) is 16.4 Å². The molecule has 156 valence electrons. The Balaban J connectivity index is 1.53. The van der Waals surface area contributed by atoms with E-state index in [1.807, 2.05) is 38.3 Å². The normalized spacial score (nSPS) is 15.0. The minimum atomic E-state index is -0.0564. The van der Waals surface area contributed by atoms with Crippen molar-refractivity contribution in [3.05, 3.63) is 51.1 Å². The number of hydrogen-bond donors (Lipinski definition) is 1. The molecule has 30 heavy (non-hydrogen) atoms. The van der Waals surface area contributed by atoms with Crippen LogP contribution in [-0.4, -0.2) is 45.1 Å². The average Bonchev–Trinajstić information content (AvgIpc) is 3.30. The van der Waals surface area contributed by atoms with Gasteiger partial charge < -0.3 is 10.1 Å². The van der Waals surface area contributed by atoms with Gasteiger partial charge in [0.1, 0.15) is 15.6 Å². The molecule has 0 saturated carbocycles. The summed E-state index contributed by atoms with van der Waals surface area (Å²) in [6.07, 6.45) is 5.57. The van der Waals surface area contributed by atoms with E-state index in [1.165, 1.54) is 16.9 Å². The zero-order valence-electron chi connectivity index (χ0n) is 17.4. The molecule has 3 aromatic rings. The minimum absolute atomic E-state index is 0.0564. The number of ether oxygens (including phenoxy) is 1. The molecule has 1 amide bonds. The van der Waals surface area contributed by atoms with Gasteiger partial charge in [0.05, 0.1) is 11.4 Å². The first-order valence-corrected chi connectivity index (χ1v) is 10.8. The molecule has 7 nitrogen and oxygen atoms in total. The minimum Gasteiger partial charge on any atom is -0.381 e. The van der Waals surface area contributed by atoms with E-state index in [9.17, 15) is 4.79 Å². The number of carbonyl (C=O) groups is 1. The van der Waals surface area contributed by atoms with Crippen LogP contribution in [0.3, 0.4) is 0 Å². The van der Waals surface area contributed by atoms with Gasteiger partial charge in [0, 0.05) is 31.9 Å². The lowest BCUT2D eigenvalue weighted by atomic mass is 10.1. The number of aryl methyl sites for hydroxylation is 3. The van der Waals surface area contributed by atoms with Crippen LogP contribution in [0.15, 0.2) is 24.3 Å². The van der Waals surface area contributed by atoms with E-state index in [-0.39, 0.29) is 11.9 Å². The Labute approximate surface area is 179 Å². The monoisotopic (exact) mass is 423 g/mol. The predicted molar refractivity (Wildman–Crippen MR) is 118 cm³/mol. The molecule has 0 unspecified atom stereocenters. The molecule has 0 spiro atoms. The summed E-state index contributed by atoms with van der Waals surface area (Å²) in [6.45, 7) is 5.32. The van der Waals surface area contributed by atoms with Crippen molar-refractivity contribution in [2.75, 3.05) is 13.2 Å². The second-order valence-electron chi connectivity index (χ2n) is 7.47. The van der Waals surface area contributed by atoms with E-state index in [0.29, 0.717) is 18.1 Å². The fraction of sp³-hybridized carbons (Fsp3) is 0.364. The fourth-order valence-electron chi connectivity index (χ4n) is 3.41. The number of aromatic nitrogens is 4. The Morgan fingerprint density at radius 3 is 2.67 bits per heavy atom. The van der Waals surface area contributed by atoms with Gasteiger partial charge >= 0.3 is 0 Å². The van der Waals surface area contributed by atoms with Gasteiger partial charge in [0.25, 0.3) is 5.91 Å². The van der Waals surface area contributed by atoms with Crippen LogP contribution in [0, 0.1) is 13.8 Å². The maximum absolute atomic E-state index is 12.7. The van der Waals surface area contributed by atoms with Crippen LogP contribution in [0.5, 0.6) is 0 Å². The summed E-state index contributed by atoms with van der Waals surface area (Å²) in [4.78, 5) is 17.9. The molecule has 1 aliphatic rings. The quantitative estimate of drug-likeness (QED) is 0.678. The van der Waals surface area contributed by atoms with Gasteiger partial charge in [-0.1, -0.05) is 35.0 Å². The summed E-state index contributed by atoms with van der Waals surface area (Å²) in [6, 6.07) is 8.38. The Hall–Kier alpha value is -2.84. The van der Waals surface area contributed by atoms with Gasteiger partial charge in [-0.05, 0) is 38.8 Å². The molecule has 0 bridgehead atoms. The molecule has 3 heterocycles. The lowest BCUT2D eigenvalue weighted by molar-refractivity contribution is 0.0698. The predicted octanol–water partition coefficient (Wildman–Crippen LogP) is 3.63. The largest absolute Gasteiger partial charge is 0.381 e. The highest BCUT2D eigenvalue weighted by molar-refractivity contribution is 7.14. The Kier molecular flexibility index (Phi) is 6.06. The molecule has 1 fully saturated rings. The second kappa shape index (κ2) is 8.89. The van der Waals surface area contributed by atoms with Crippen molar-refractivity contribution >= 4 is 29.4 Å². The van der Waals surface area contributed by atoms with Crippen molar-refractivity contribution in [2.45, 2.75) is 32.7 Å². The third kappa shape index (κ3) is 4.49. The van der Waals surface area contributed by atoms with Gasteiger partial charge in [0.15, 0.2) is 0 Å². The van der Waals surface area contributed by atoms with Crippen LogP contribution < -0.4 is 5.32 Å². The molecule has 4 rings (SSSR count). The molecule has 1 saturated heterocycles. The SMILES string of the molecule is Cc1ccc(-c2nnn(C)c2/C=C/c2nc(C)c(C(=O)NC3CCOCC3)s2)cc1. The number of amides is 1. The lowest BCUT2D eigenvalue weighted by Gasteiger charge is -2.22. The van der Waals surface area contributed by atoms with Crippen LogP contribution >= 0.6 is 11.3 Å². The molecular formula is C22H25N5O2S. The standard InChI is InChI=1S/C22H25N5O2S/c1-14-4-6-16(7-5-14)20-18(27(3)26-25-20)8-9-19-23-15(2)21(30-19)22(28)24-17-10-12-29-13-11-17/h4-9,17H,10-13H2,1-3H3,(H,24,28)/b9-8+. The topological polar surface area (TPSA) is 81.9 Å². The average molecular weight is 424 g/mol. The van der Waals surface area contributed by atoms with Crippen LogP contribution in [0.4, 0.5) is 0 Å². The number of carbonyl (C=O) groups excluding carboxylic acids is 1. The van der Waals surface area contributed by atoms with Gasteiger partial charge in [-0.25, -0.2) is 9.67 Å². The number of benzene rings is 1. The third-order valence-corrected chi connectivity index (χ3v) is 6.28. The Morgan fingerprint density at radius 2 is 1.93 bits per heavy atom. The van der Waals surface area contributed by atoms with Crippen LogP contribution in [0.25, 0.3) is 23.4 Å². The smallest absolute Gasteiger partial charge is 0.263 e. The van der Waals surface area contributed by atoms with Gasteiger partial charge in [-0.3, -0.25) is 4.79 Å². The van der Waals surface area contributed by atoms with Crippen molar-refractivity contribution in [2.24, 2.45) is 7.05 Å². The van der Waals surface area contributed by atoms with E-state index in [0.717, 1.165) is 40.5 Å². The summed E-state index contributed by atoms with van der Waals surface area (Å²) >= 11 is 1.40. The van der Waals surface area contributed by atoms with E-state index in [4.69, 9.17) is 4.74 Å².